The van der Waals surface area contributed by atoms with Gasteiger partial charge in [-0.15, -0.1) is 35.3 Å². The number of aryl methyl sites for hydroxylation is 1. The van der Waals surface area contributed by atoms with Crippen LogP contribution in [0.25, 0.3) is 0 Å². The van der Waals surface area contributed by atoms with Crippen molar-refractivity contribution in [3.8, 4) is 0 Å². The molecule has 0 saturated carbocycles. The third kappa shape index (κ3) is 10.6. The molecule has 9 heteroatoms. The lowest BCUT2D eigenvalue weighted by atomic mass is 10.3. The number of unbranched alkanes of at least 4 members (excludes halogenated alkanes) is 1. The summed E-state index contributed by atoms with van der Waals surface area (Å²) in [6, 6.07) is 0. The van der Waals surface area contributed by atoms with Gasteiger partial charge in [-0.1, -0.05) is 13.3 Å². The number of nitrogens with zero attached hydrogens (tertiary/aromatic N) is 2. The summed E-state index contributed by atoms with van der Waals surface area (Å²) in [5.74, 6) is 0.649. The van der Waals surface area contributed by atoms with Crippen LogP contribution >= 0.6 is 35.3 Å². The van der Waals surface area contributed by atoms with Crippen LogP contribution in [-0.4, -0.2) is 56.7 Å². The summed E-state index contributed by atoms with van der Waals surface area (Å²) in [4.78, 5) is 20.8. The summed E-state index contributed by atoms with van der Waals surface area (Å²) in [5.41, 5.74) is 2.45. The molecule has 0 aromatic carbocycles. The number of aromatic nitrogens is 1. The number of guanidine groups is 1. The Labute approximate surface area is 171 Å². The molecular weight excluding hydrogens is 453 g/mol. The molecule has 1 heterocycles. The second-order valence-electron chi connectivity index (χ2n) is 5.27. The summed E-state index contributed by atoms with van der Waals surface area (Å²) in [7, 11) is 1.73. The molecule has 144 valence electrons. The zero-order valence-electron chi connectivity index (χ0n) is 15.3. The highest BCUT2D eigenvalue weighted by molar-refractivity contribution is 14.0. The smallest absolute Gasteiger partial charge is 0.263 e. The van der Waals surface area contributed by atoms with Crippen molar-refractivity contribution in [3.63, 3.8) is 0 Å². The molecule has 0 atom stereocenters. The van der Waals surface area contributed by atoms with Crippen LogP contribution in [0.15, 0.2) is 10.5 Å². The third-order valence-electron chi connectivity index (χ3n) is 3.28. The molecular formula is C16H30IN5O2S. The lowest BCUT2D eigenvalue weighted by Gasteiger charge is -2.12. The Kier molecular flexibility index (Phi) is 14.7. The van der Waals surface area contributed by atoms with E-state index >= 15 is 0 Å². The highest BCUT2D eigenvalue weighted by atomic mass is 127. The van der Waals surface area contributed by atoms with Gasteiger partial charge >= 0.3 is 0 Å². The number of halogens is 1. The molecule has 0 unspecified atom stereocenters. The number of ether oxygens (including phenoxy) is 1. The van der Waals surface area contributed by atoms with Crippen molar-refractivity contribution in [3.05, 3.63) is 16.1 Å². The lowest BCUT2D eigenvalue weighted by Crippen LogP contribution is -2.42. The van der Waals surface area contributed by atoms with Gasteiger partial charge in [-0.05, 0) is 19.8 Å². The van der Waals surface area contributed by atoms with Gasteiger partial charge in [0.05, 0.1) is 11.2 Å². The maximum absolute atomic E-state index is 11.9. The fourth-order valence-electron chi connectivity index (χ4n) is 1.91. The summed E-state index contributed by atoms with van der Waals surface area (Å²) in [5, 5.41) is 9.26. The van der Waals surface area contributed by atoms with E-state index in [1.807, 2.05) is 6.92 Å². The molecule has 0 aliphatic heterocycles. The zero-order valence-corrected chi connectivity index (χ0v) is 18.4. The van der Waals surface area contributed by atoms with E-state index < -0.39 is 0 Å². The minimum absolute atomic E-state index is 0. The van der Waals surface area contributed by atoms with Crippen molar-refractivity contribution in [1.29, 1.82) is 0 Å². The Morgan fingerprint density at radius 3 is 2.52 bits per heavy atom. The standard InChI is InChI=1S/C16H29N5O2S.HI/c1-4-5-10-23-11-6-7-19-16(17-3)20-9-8-18-15(22)14-13(2)21-12-24-14;/h12H,4-11H2,1-3H3,(H,18,22)(H2,17,19,20);1H. The Morgan fingerprint density at radius 1 is 1.20 bits per heavy atom. The van der Waals surface area contributed by atoms with E-state index in [9.17, 15) is 4.79 Å². The molecule has 3 N–H and O–H groups in total. The number of amides is 1. The average Bonchev–Trinajstić information content (AvgIpc) is 3.01. The van der Waals surface area contributed by atoms with Crippen LogP contribution in [0.2, 0.25) is 0 Å². The number of nitrogens with one attached hydrogen (secondary N) is 3. The van der Waals surface area contributed by atoms with E-state index in [0.29, 0.717) is 18.0 Å². The van der Waals surface area contributed by atoms with Crippen LogP contribution in [-0.2, 0) is 4.74 Å². The first-order valence-corrected chi connectivity index (χ1v) is 9.27. The van der Waals surface area contributed by atoms with Gasteiger partial charge in [0.2, 0.25) is 0 Å². The molecule has 0 saturated heterocycles. The van der Waals surface area contributed by atoms with Gasteiger partial charge in [-0.25, -0.2) is 4.98 Å². The molecule has 0 aliphatic carbocycles. The molecule has 0 fully saturated rings. The van der Waals surface area contributed by atoms with Crippen LogP contribution in [0.5, 0.6) is 0 Å². The van der Waals surface area contributed by atoms with Crippen LogP contribution in [0.4, 0.5) is 0 Å². The number of rotatable bonds is 11. The Bertz CT molecular complexity index is 510. The van der Waals surface area contributed by atoms with Gasteiger partial charge in [0.25, 0.3) is 5.91 Å². The Morgan fingerprint density at radius 2 is 1.88 bits per heavy atom. The molecule has 1 aromatic rings. The van der Waals surface area contributed by atoms with E-state index in [1.54, 1.807) is 12.6 Å². The monoisotopic (exact) mass is 483 g/mol. The number of aliphatic imine (C=N–C) groups is 1. The minimum Gasteiger partial charge on any atom is -0.381 e. The molecule has 1 rings (SSSR count). The second kappa shape index (κ2) is 15.3. The van der Waals surface area contributed by atoms with Gasteiger partial charge in [-0.3, -0.25) is 9.79 Å². The molecule has 25 heavy (non-hydrogen) atoms. The van der Waals surface area contributed by atoms with Gasteiger partial charge < -0.3 is 20.7 Å². The molecule has 1 amide bonds. The van der Waals surface area contributed by atoms with Crippen molar-refractivity contribution in [2.45, 2.75) is 33.1 Å². The quantitative estimate of drug-likeness (QED) is 0.194. The first-order chi connectivity index (χ1) is 11.7. The molecule has 0 spiro atoms. The second-order valence-corrected chi connectivity index (χ2v) is 6.12. The number of carbonyl (C=O) groups is 1. The highest BCUT2D eigenvalue weighted by Crippen LogP contribution is 2.10. The van der Waals surface area contributed by atoms with Gasteiger partial charge in [0.1, 0.15) is 4.88 Å². The van der Waals surface area contributed by atoms with Crippen molar-refractivity contribution in [2.75, 3.05) is 39.9 Å². The van der Waals surface area contributed by atoms with Gasteiger partial charge in [-0.2, -0.15) is 0 Å². The molecule has 0 radical (unpaired) electrons. The summed E-state index contributed by atoms with van der Waals surface area (Å²) >= 11 is 1.36. The fraction of sp³-hybridized carbons (Fsp3) is 0.688. The van der Waals surface area contributed by atoms with Crippen molar-refractivity contribution >= 4 is 47.2 Å². The molecule has 0 bridgehead atoms. The molecule has 0 aliphatic rings. The molecule has 7 nitrogen and oxygen atoms in total. The maximum atomic E-state index is 11.9. The Hall–Kier alpha value is -0.940. The van der Waals surface area contributed by atoms with Crippen molar-refractivity contribution < 1.29 is 9.53 Å². The minimum atomic E-state index is -0.0797. The highest BCUT2D eigenvalue weighted by Gasteiger charge is 2.10. The maximum Gasteiger partial charge on any atom is 0.263 e. The van der Waals surface area contributed by atoms with Crippen LogP contribution in [0.3, 0.4) is 0 Å². The number of hydrogen-bond acceptors (Lipinski definition) is 5. The normalized spacial score (nSPS) is 10.9. The van der Waals surface area contributed by atoms with E-state index in [0.717, 1.165) is 50.7 Å². The zero-order chi connectivity index (χ0) is 17.6. The van der Waals surface area contributed by atoms with Crippen LogP contribution in [0.1, 0.15) is 41.6 Å². The topological polar surface area (TPSA) is 87.6 Å². The first-order valence-electron chi connectivity index (χ1n) is 8.39. The van der Waals surface area contributed by atoms with Crippen LogP contribution < -0.4 is 16.0 Å². The predicted molar refractivity (Wildman–Crippen MR) is 114 cm³/mol. The fourth-order valence-corrected chi connectivity index (χ4v) is 2.63. The van der Waals surface area contributed by atoms with Crippen molar-refractivity contribution in [2.24, 2.45) is 4.99 Å². The third-order valence-corrected chi connectivity index (χ3v) is 4.21. The van der Waals surface area contributed by atoms with E-state index in [2.05, 4.69) is 32.9 Å². The summed E-state index contributed by atoms with van der Waals surface area (Å²) in [6.07, 6.45) is 3.21. The van der Waals surface area contributed by atoms with Gasteiger partial charge in [0.15, 0.2) is 5.96 Å². The number of carbonyl (C=O) groups excluding carboxylic acids is 1. The predicted octanol–water partition coefficient (Wildman–Crippen LogP) is 2.17. The van der Waals surface area contributed by atoms with E-state index in [4.69, 9.17) is 4.74 Å². The number of thiazole rings is 1. The summed E-state index contributed by atoms with van der Waals surface area (Å²) < 4.78 is 5.51. The first kappa shape index (κ1) is 24.1. The van der Waals surface area contributed by atoms with E-state index in [-0.39, 0.29) is 29.9 Å². The SMILES string of the molecule is CCCCOCCCNC(=NC)NCCNC(=O)c1scnc1C.I. The Balaban J connectivity index is 0.00000576. The van der Waals surface area contributed by atoms with Gasteiger partial charge in [0, 0.05) is 39.9 Å². The summed E-state index contributed by atoms with van der Waals surface area (Å²) in [6.45, 7) is 7.52. The van der Waals surface area contributed by atoms with Crippen LogP contribution in [0, 0.1) is 6.92 Å². The van der Waals surface area contributed by atoms with E-state index in [1.165, 1.54) is 11.3 Å². The number of hydrogen-bond donors (Lipinski definition) is 3. The lowest BCUT2D eigenvalue weighted by molar-refractivity contribution is 0.0957. The van der Waals surface area contributed by atoms with Crippen molar-refractivity contribution in [1.82, 2.24) is 20.9 Å². The molecule has 1 aromatic heterocycles. The average molecular weight is 483 g/mol. The largest absolute Gasteiger partial charge is 0.381 e.